The maximum Gasteiger partial charge on any atom is 0.313 e. The maximum absolute atomic E-state index is 12.4. The molecule has 1 aromatic heterocycles. The lowest BCUT2D eigenvalue weighted by Crippen LogP contribution is -2.29. The first-order chi connectivity index (χ1) is 12.2. The molecule has 0 amide bonds. The highest BCUT2D eigenvalue weighted by atomic mass is 16.5. The van der Waals surface area contributed by atoms with E-state index >= 15 is 0 Å². The smallest absolute Gasteiger partial charge is 0.313 e. The molecular formula is C20H22N2O3. The molecule has 0 bridgehead atoms. The summed E-state index contributed by atoms with van der Waals surface area (Å²) in [6.07, 6.45) is 4.72. The van der Waals surface area contributed by atoms with E-state index in [2.05, 4.69) is 10.3 Å². The number of fused-ring (bicyclic) bond motifs is 2. The minimum Gasteiger partial charge on any atom is -0.464 e. The van der Waals surface area contributed by atoms with Crippen LogP contribution in [0.1, 0.15) is 42.4 Å². The summed E-state index contributed by atoms with van der Waals surface area (Å²) in [6, 6.07) is 10.1. The van der Waals surface area contributed by atoms with Crippen molar-refractivity contribution in [3.05, 3.63) is 53.2 Å². The number of ether oxygens (including phenoxy) is 2. The number of carbonyl (C=O) groups is 1. The van der Waals surface area contributed by atoms with Crippen LogP contribution in [-0.2, 0) is 16.0 Å². The van der Waals surface area contributed by atoms with Gasteiger partial charge in [-0.1, -0.05) is 18.2 Å². The molecule has 130 valence electrons. The summed E-state index contributed by atoms with van der Waals surface area (Å²) < 4.78 is 11.4. The van der Waals surface area contributed by atoms with E-state index in [-0.39, 0.29) is 11.9 Å². The van der Waals surface area contributed by atoms with E-state index in [9.17, 15) is 4.79 Å². The van der Waals surface area contributed by atoms with Gasteiger partial charge in [0.2, 0.25) is 5.88 Å². The second-order valence-electron chi connectivity index (χ2n) is 6.76. The van der Waals surface area contributed by atoms with Gasteiger partial charge < -0.3 is 14.8 Å². The molecule has 2 aliphatic heterocycles. The van der Waals surface area contributed by atoms with Gasteiger partial charge in [0, 0.05) is 24.2 Å². The Morgan fingerprint density at radius 1 is 1.40 bits per heavy atom. The molecule has 5 nitrogen and oxygen atoms in total. The monoisotopic (exact) mass is 338 g/mol. The molecule has 2 aromatic rings. The molecule has 2 atom stereocenters. The summed E-state index contributed by atoms with van der Waals surface area (Å²) in [4.78, 5) is 16.6. The van der Waals surface area contributed by atoms with Crippen molar-refractivity contribution in [2.75, 3.05) is 13.2 Å². The van der Waals surface area contributed by atoms with Crippen molar-refractivity contribution in [3.8, 4) is 11.6 Å². The normalized spacial score (nSPS) is 19.5. The molecule has 3 heterocycles. The Hall–Kier alpha value is -2.40. The van der Waals surface area contributed by atoms with Gasteiger partial charge in [0.15, 0.2) is 0 Å². The molecule has 1 N–H and O–H groups in total. The highest BCUT2D eigenvalue weighted by Gasteiger charge is 2.23. The van der Waals surface area contributed by atoms with Crippen LogP contribution in [0.5, 0.6) is 11.6 Å². The van der Waals surface area contributed by atoms with Crippen LogP contribution in [-0.4, -0.2) is 30.1 Å². The average molecular weight is 338 g/mol. The number of hydrogen-bond donors (Lipinski definition) is 1. The van der Waals surface area contributed by atoms with Crippen molar-refractivity contribution in [2.24, 2.45) is 0 Å². The summed E-state index contributed by atoms with van der Waals surface area (Å²) in [5, 5.41) is 3.34. The summed E-state index contributed by atoms with van der Waals surface area (Å²) in [7, 11) is 0. The highest BCUT2D eigenvalue weighted by molar-refractivity contribution is 5.78. The Labute approximate surface area is 147 Å². The predicted molar refractivity (Wildman–Crippen MR) is 94.0 cm³/mol. The lowest BCUT2D eigenvalue weighted by atomic mass is 9.95. The van der Waals surface area contributed by atoms with E-state index in [1.54, 1.807) is 6.20 Å². The molecule has 25 heavy (non-hydrogen) atoms. The van der Waals surface area contributed by atoms with Gasteiger partial charge in [0.25, 0.3) is 0 Å². The molecule has 1 saturated heterocycles. The molecule has 0 aliphatic carbocycles. The van der Waals surface area contributed by atoms with Gasteiger partial charge in [0.05, 0.1) is 5.92 Å². The van der Waals surface area contributed by atoms with E-state index in [4.69, 9.17) is 9.47 Å². The first-order valence-corrected chi connectivity index (χ1v) is 8.85. The number of hydrogen-bond acceptors (Lipinski definition) is 5. The van der Waals surface area contributed by atoms with Crippen LogP contribution in [0.4, 0.5) is 0 Å². The zero-order valence-corrected chi connectivity index (χ0v) is 14.3. The van der Waals surface area contributed by atoms with Crippen LogP contribution in [0, 0.1) is 0 Å². The number of aromatic nitrogens is 1. The van der Waals surface area contributed by atoms with Gasteiger partial charge in [0.1, 0.15) is 12.4 Å². The largest absolute Gasteiger partial charge is 0.464 e. The van der Waals surface area contributed by atoms with Gasteiger partial charge >= 0.3 is 5.97 Å². The molecule has 0 saturated carbocycles. The lowest BCUT2D eigenvalue weighted by Gasteiger charge is -2.21. The Morgan fingerprint density at radius 2 is 2.32 bits per heavy atom. The zero-order chi connectivity index (χ0) is 17.2. The van der Waals surface area contributed by atoms with Gasteiger partial charge in [-0.2, -0.15) is 0 Å². The number of carbonyl (C=O) groups excluding carboxylic acids is 1. The summed E-state index contributed by atoms with van der Waals surface area (Å²) in [5.41, 5.74) is 3.10. The Kier molecular flexibility index (Phi) is 4.40. The topological polar surface area (TPSA) is 60.5 Å². The highest BCUT2D eigenvalue weighted by Crippen LogP contribution is 2.36. The van der Waals surface area contributed by atoms with Crippen molar-refractivity contribution in [3.63, 3.8) is 0 Å². The van der Waals surface area contributed by atoms with E-state index in [1.165, 1.54) is 0 Å². The van der Waals surface area contributed by atoms with Crippen LogP contribution in [0.3, 0.4) is 0 Å². The van der Waals surface area contributed by atoms with E-state index in [0.717, 1.165) is 48.2 Å². The predicted octanol–water partition coefficient (Wildman–Crippen LogP) is 3.18. The van der Waals surface area contributed by atoms with Crippen LogP contribution in [0.15, 0.2) is 36.5 Å². The summed E-state index contributed by atoms with van der Waals surface area (Å²) in [6.45, 7) is 3.36. The number of nitrogens with zero attached hydrogens (tertiary/aromatic N) is 1. The lowest BCUT2D eigenvalue weighted by molar-refractivity contribution is -0.145. The number of nitrogens with one attached hydrogen (secondary N) is 1. The first kappa shape index (κ1) is 16.1. The fourth-order valence-electron chi connectivity index (χ4n) is 3.41. The third-order valence-electron chi connectivity index (χ3n) is 4.96. The van der Waals surface area contributed by atoms with Crippen molar-refractivity contribution >= 4 is 5.97 Å². The third-order valence-corrected chi connectivity index (χ3v) is 4.96. The SMILES string of the molecule is CC(C(=O)OCC1CCCN1)c1ccc2c(c1)Cc1cccnc1O2. The van der Waals surface area contributed by atoms with Crippen molar-refractivity contribution in [1.82, 2.24) is 10.3 Å². The van der Waals surface area contributed by atoms with Crippen LogP contribution in [0.2, 0.25) is 0 Å². The van der Waals surface area contributed by atoms with Gasteiger partial charge in [-0.05, 0) is 49.6 Å². The number of rotatable bonds is 4. The number of esters is 1. The van der Waals surface area contributed by atoms with Crippen molar-refractivity contribution < 1.29 is 14.3 Å². The van der Waals surface area contributed by atoms with Gasteiger partial charge in [-0.15, -0.1) is 0 Å². The van der Waals surface area contributed by atoms with Gasteiger partial charge in [-0.3, -0.25) is 4.79 Å². The second kappa shape index (κ2) is 6.84. The standard InChI is InChI=1S/C20H22N2O3/c1-13(20(23)24-12-17-5-3-8-21-17)14-6-7-18-16(10-14)11-15-4-2-9-22-19(15)25-18/h2,4,6-7,9-10,13,17,21H,3,5,8,11-12H2,1H3. The molecule has 1 aromatic carbocycles. The molecule has 2 aliphatic rings. The quantitative estimate of drug-likeness (QED) is 0.741. The molecular weight excluding hydrogens is 316 g/mol. The maximum atomic E-state index is 12.4. The van der Waals surface area contributed by atoms with Gasteiger partial charge in [-0.25, -0.2) is 4.98 Å². The van der Waals surface area contributed by atoms with Crippen molar-refractivity contribution in [1.29, 1.82) is 0 Å². The van der Waals surface area contributed by atoms with E-state index in [1.807, 2.05) is 37.3 Å². The first-order valence-electron chi connectivity index (χ1n) is 8.85. The van der Waals surface area contributed by atoms with Crippen LogP contribution >= 0.6 is 0 Å². The number of benzene rings is 1. The second-order valence-corrected chi connectivity index (χ2v) is 6.76. The fraction of sp³-hybridized carbons (Fsp3) is 0.400. The minimum atomic E-state index is -0.290. The van der Waals surface area contributed by atoms with Crippen LogP contribution in [0.25, 0.3) is 0 Å². The van der Waals surface area contributed by atoms with Crippen molar-refractivity contribution in [2.45, 2.75) is 38.1 Å². The zero-order valence-electron chi connectivity index (χ0n) is 14.3. The molecule has 1 fully saturated rings. The van der Waals surface area contributed by atoms with E-state index in [0.29, 0.717) is 18.5 Å². The van der Waals surface area contributed by atoms with E-state index < -0.39 is 0 Å². The molecule has 2 unspecified atom stereocenters. The fourth-order valence-corrected chi connectivity index (χ4v) is 3.41. The molecule has 4 rings (SSSR count). The minimum absolute atomic E-state index is 0.174. The average Bonchev–Trinajstić information content (AvgIpc) is 3.17. The molecule has 0 radical (unpaired) electrons. The molecule has 5 heteroatoms. The Morgan fingerprint density at radius 3 is 3.16 bits per heavy atom. The molecule has 0 spiro atoms. The third kappa shape index (κ3) is 3.37. The Bertz CT molecular complexity index is 784. The summed E-state index contributed by atoms with van der Waals surface area (Å²) in [5.74, 6) is 1.01. The number of pyridine rings is 1. The van der Waals surface area contributed by atoms with Crippen LogP contribution < -0.4 is 10.1 Å². The summed E-state index contributed by atoms with van der Waals surface area (Å²) >= 11 is 0. The Balaban J connectivity index is 1.45.